The number of aryl methyl sites for hydroxylation is 2. The van der Waals surface area contributed by atoms with Crippen LogP contribution < -0.4 is 5.32 Å². The molecule has 2 heterocycles. The van der Waals surface area contributed by atoms with Crippen LogP contribution in [0.15, 0.2) is 12.3 Å². The Labute approximate surface area is 89.3 Å². The van der Waals surface area contributed by atoms with Crippen molar-refractivity contribution in [2.24, 2.45) is 7.05 Å². The van der Waals surface area contributed by atoms with Crippen LogP contribution in [-0.2, 0) is 7.05 Å². The molecule has 0 saturated carbocycles. The van der Waals surface area contributed by atoms with E-state index in [1.54, 1.807) is 0 Å². The van der Waals surface area contributed by atoms with Crippen LogP contribution in [0.1, 0.15) is 19.0 Å². The minimum atomic E-state index is 0.939. The molecule has 0 aromatic carbocycles. The van der Waals surface area contributed by atoms with Crippen molar-refractivity contribution in [2.75, 3.05) is 11.9 Å². The number of aromatic nitrogens is 3. The minimum Gasteiger partial charge on any atom is -0.384 e. The lowest BCUT2D eigenvalue weighted by Crippen LogP contribution is -2.00. The molecule has 2 aromatic rings. The highest BCUT2D eigenvalue weighted by Gasteiger charge is 2.09. The largest absolute Gasteiger partial charge is 0.384 e. The monoisotopic (exact) mass is 204 g/mol. The summed E-state index contributed by atoms with van der Waals surface area (Å²) in [6, 6.07) is 2.01. The number of nitrogens with one attached hydrogen (secondary N) is 1. The van der Waals surface area contributed by atoms with Gasteiger partial charge in [0.2, 0.25) is 0 Å². The lowest BCUT2D eigenvalue weighted by Gasteiger charge is -2.05. The number of hydrogen-bond donors (Lipinski definition) is 1. The van der Waals surface area contributed by atoms with Crippen molar-refractivity contribution in [1.82, 2.24) is 14.8 Å². The zero-order valence-electron chi connectivity index (χ0n) is 9.41. The maximum absolute atomic E-state index is 4.37. The molecule has 0 bridgehead atoms. The van der Waals surface area contributed by atoms with Crippen molar-refractivity contribution in [3.05, 3.63) is 18.0 Å². The summed E-state index contributed by atoms with van der Waals surface area (Å²) in [5.41, 5.74) is 3.10. The number of nitrogens with zero attached hydrogens (tertiary/aromatic N) is 3. The van der Waals surface area contributed by atoms with Gasteiger partial charge in [-0.25, -0.2) is 4.98 Å². The maximum atomic E-state index is 4.37. The van der Waals surface area contributed by atoms with Gasteiger partial charge in [-0.1, -0.05) is 6.92 Å². The molecule has 0 aliphatic heterocycles. The number of fused-ring (bicyclic) bond motifs is 1. The van der Waals surface area contributed by atoms with Gasteiger partial charge in [0.25, 0.3) is 0 Å². The van der Waals surface area contributed by atoms with Crippen LogP contribution in [0.4, 0.5) is 5.69 Å². The highest BCUT2D eigenvalue weighted by Crippen LogP contribution is 2.23. The van der Waals surface area contributed by atoms with Gasteiger partial charge < -0.3 is 5.32 Å². The number of pyridine rings is 1. The molecule has 0 amide bonds. The molecule has 80 valence electrons. The Hall–Kier alpha value is -1.58. The van der Waals surface area contributed by atoms with Crippen LogP contribution in [0, 0.1) is 6.92 Å². The molecule has 4 nitrogen and oxygen atoms in total. The van der Waals surface area contributed by atoms with Gasteiger partial charge in [0.15, 0.2) is 5.65 Å². The quantitative estimate of drug-likeness (QED) is 0.832. The van der Waals surface area contributed by atoms with Crippen LogP contribution in [0.3, 0.4) is 0 Å². The van der Waals surface area contributed by atoms with Gasteiger partial charge in [0.1, 0.15) is 0 Å². The molecule has 0 unspecified atom stereocenters. The van der Waals surface area contributed by atoms with Gasteiger partial charge in [-0.05, 0) is 19.4 Å². The summed E-state index contributed by atoms with van der Waals surface area (Å²) in [5.74, 6) is 0. The second kappa shape index (κ2) is 3.88. The van der Waals surface area contributed by atoms with Crippen molar-refractivity contribution >= 4 is 16.7 Å². The van der Waals surface area contributed by atoms with E-state index in [-0.39, 0.29) is 0 Å². The highest BCUT2D eigenvalue weighted by molar-refractivity contribution is 5.91. The Morgan fingerprint density at radius 3 is 3.00 bits per heavy atom. The predicted molar refractivity (Wildman–Crippen MR) is 62.0 cm³/mol. The van der Waals surface area contributed by atoms with E-state index >= 15 is 0 Å². The van der Waals surface area contributed by atoms with E-state index in [4.69, 9.17) is 0 Å². The Kier molecular flexibility index (Phi) is 2.58. The van der Waals surface area contributed by atoms with Crippen molar-refractivity contribution < 1.29 is 0 Å². The second-order valence-corrected chi connectivity index (χ2v) is 3.69. The first-order valence-corrected chi connectivity index (χ1v) is 5.26. The third-order valence-electron chi connectivity index (χ3n) is 2.46. The maximum Gasteiger partial charge on any atom is 0.159 e. The second-order valence-electron chi connectivity index (χ2n) is 3.69. The molecule has 0 spiro atoms. The number of anilines is 1. The molecule has 2 aromatic heterocycles. The van der Waals surface area contributed by atoms with Crippen LogP contribution in [-0.4, -0.2) is 21.3 Å². The molecule has 0 aliphatic carbocycles. The van der Waals surface area contributed by atoms with E-state index in [0.29, 0.717) is 0 Å². The van der Waals surface area contributed by atoms with Gasteiger partial charge in [-0.2, -0.15) is 5.10 Å². The average Bonchev–Trinajstić information content (AvgIpc) is 2.53. The SMILES string of the molecule is CCCNc1ccnc2c1c(C)nn2C. The van der Waals surface area contributed by atoms with E-state index in [9.17, 15) is 0 Å². The van der Waals surface area contributed by atoms with E-state index in [2.05, 4.69) is 22.3 Å². The summed E-state index contributed by atoms with van der Waals surface area (Å²) < 4.78 is 1.82. The number of hydrogen-bond acceptors (Lipinski definition) is 3. The van der Waals surface area contributed by atoms with E-state index < -0.39 is 0 Å². The van der Waals surface area contributed by atoms with Crippen molar-refractivity contribution in [1.29, 1.82) is 0 Å². The first-order valence-electron chi connectivity index (χ1n) is 5.26. The van der Waals surface area contributed by atoms with Gasteiger partial charge in [-0.3, -0.25) is 4.68 Å². The van der Waals surface area contributed by atoms with Crippen LogP contribution in [0.2, 0.25) is 0 Å². The molecule has 0 aliphatic rings. The zero-order chi connectivity index (χ0) is 10.8. The molecular formula is C11H16N4. The smallest absolute Gasteiger partial charge is 0.159 e. The standard InChI is InChI=1S/C11H16N4/c1-4-6-12-9-5-7-13-11-10(9)8(2)14-15(11)3/h5,7H,4,6H2,1-3H3,(H,12,13). The third-order valence-corrected chi connectivity index (χ3v) is 2.46. The van der Waals surface area contributed by atoms with Crippen molar-refractivity contribution in [2.45, 2.75) is 20.3 Å². The predicted octanol–water partition coefficient (Wildman–Crippen LogP) is 2.10. The summed E-state index contributed by atoms with van der Waals surface area (Å²) in [4.78, 5) is 4.33. The lowest BCUT2D eigenvalue weighted by atomic mass is 10.2. The highest BCUT2D eigenvalue weighted by atomic mass is 15.3. The van der Waals surface area contributed by atoms with Crippen molar-refractivity contribution in [3.63, 3.8) is 0 Å². The fourth-order valence-electron chi connectivity index (χ4n) is 1.78. The topological polar surface area (TPSA) is 42.7 Å². The van der Waals surface area contributed by atoms with E-state index in [1.165, 1.54) is 0 Å². The Bertz CT molecular complexity index is 473. The molecule has 0 fully saturated rings. The molecule has 2 rings (SSSR count). The normalized spacial score (nSPS) is 10.9. The first kappa shape index (κ1) is 9.96. The van der Waals surface area contributed by atoms with Gasteiger partial charge in [-0.15, -0.1) is 0 Å². The fraction of sp³-hybridized carbons (Fsp3) is 0.455. The van der Waals surface area contributed by atoms with Gasteiger partial charge >= 0.3 is 0 Å². The zero-order valence-corrected chi connectivity index (χ0v) is 9.41. The molecule has 1 N–H and O–H groups in total. The first-order chi connectivity index (χ1) is 7.24. The summed E-state index contributed by atoms with van der Waals surface area (Å²) in [6.07, 6.45) is 2.94. The fourth-order valence-corrected chi connectivity index (χ4v) is 1.78. The number of rotatable bonds is 3. The summed E-state index contributed by atoms with van der Waals surface area (Å²) >= 11 is 0. The average molecular weight is 204 g/mol. The Balaban J connectivity index is 2.54. The van der Waals surface area contributed by atoms with Gasteiger partial charge in [0.05, 0.1) is 11.1 Å². The Morgan fingerprint density at radius 2 is 2.27 bits per heavy atom. The summed E-state index contributed by atoms with van der Waals surface area (Å²) in [7, 11) is 1.92. The third kappa shape index (κ3) is 1.67. The lowest BCUT2D eigenvalue weighted by molar-refractivity contribution is 0.774. The van der Waals surface area contributed by atoms with Crippen molar-refractivity contribution in [3.8, 4) is 0 Å². The molecule has 0 atom stereocenters. The van der Waals surface area contributed by atoms with E-state index in [1.807, 2.05) is 30.9 Å². The minimum absolute atomic E-state index is 0.939. The van der Waals surface area contributed by atoms with Gasteiger partial charge in [0, 0.05) is 25.5 Å². The molecule has 4 heteroatoms. The summed E-state index contributed by atoms with van der Waals surface area (Å²) in [5, 5.41) is 8.90. The molecular weight excluding hydrogens is 188 g/mol. The van der Waals surface area contributed by atoms with Crippen LogP contribution in [0.25, 0.3) is 11.0 Å². The van der Waals surface area contributed by atoms with Crippen LogP contribution >= 0.6 is 0 Å². The molecule has 0 saturated heterocycles. The summed E-state index contributed by atoms with van der Waals surface area (Å²) in [6.45, 7) is 5.15. The molecule has 15 heavy (non-hydrogen) atoms. The Morgan fingerprint density at radius 1 is 1.47 bits per heavy atom. The molecule has 0 radical (unpaired) electrons. The van der Waals surface area contributed by atoms with E-state index in [0.717, 1.165) is 35.4 Å². The van der Waals surface area contributed by atoms with Crippen LogP contribution in [0.5, 0.6) is 0 Å².